The molecule has 0 unspecified atom stereocenters. The molecule has 4 aromatic carbocycles. The second kappa shape index (κ2) is 17.9. The standard InChI is InChI=1S/C22H14Br2N2.C20H12Br2N4.CH4/c23-18-7-3-15(4-8-18)20-11-12-21(17-2-1-13-25-14-17)26-22(20)16-5-9-19(24)10-6-16;21-16-7-3-13(4-8-16)18-19(14-5-9-17(22)10-6-14)25-26-20(24-18)15-2-1-11-23-12-15;/h1-14H;1-12H;1H4. The first kappa shape index (κ1) is 38.0. The molecule has 0 radical (unpaired) electrons. The second-order valence-electron chi connectivity index (χ2n) is 11.4. The molecule has 260 valence electrons. The van der Waals surface area contributed by atoms with E-state index in [1.807, 2.05) is 91.1 Å². The Hall–Kier alpha value is -4.74. The van der Waals surface area contributed by atoms with E-state index >= 15 is 0 Å². The van der Waals surface area contributed by atoms with Crippen LogP contribution in [0.3, 0.4) is 0 Å². The van der Waals surface area contributed by atoms with Crippen LogP contribution in [-0.2, 0) is 0 Å². The molecule has 0 fully saturated rings. The molecule has 0 aliphatic carbocycles. The van der Waals surface area contributed by atoms with Gasteiger partial charge in [-0.15, -0.1) is 10.2 Å². The van der Waals surface area contributed by atoms with Gasteiger partial charge in [-0.3, -0.25) is 9.97 Å². The molecule has 0 atom stereocenters. The maximum Gasteiger partial charge on any atom is 0.183 e. The second-order valence-corrected chi connectivity index (χ2v) is 15.1. The molecular formula is C43H30Br4N6. The van der Waals surface area contributed by atoms with Gasteiger partial charge in [-0.05, 0) is 84.4 Å². The zero-order valence-corrected chi connectivity index (χ0v) is 33.6. The van der Waals surface area contributed by atoms with E-state index in [9.17, 15) is 0 Å². The molecule has 53 heavy (non-hydrogen) atoms. The Labute approximate surface area is 342 Å². The first-order valence-electron chi connectivity index (χ1n) is 16.0. The summed E-state index contributed by atoms with van der Waals surface area (Å²) in [6.45, 7) is 0. The highest BCUT2D eigenvalue weighted by atomic mass is 79.9. The number of halogens is 4. The lowest BCUT2D eigenvalue weighted by Gasteiger charge is -2.12. The van der Waals surface area contributed by atoms with Crippen molar-refractivity contribution in [2.45, 2.75) is 7.43 Å². The summed E-state index contributed by atoms with van der Waals surface area (Å²) in [6, 6.07) is 44.5. The quantitative estimate of drug-likeness (QED) is 0.165. The molecule has 4 aromatic heterocycles. The number of benzene rings is 4. The van der Waals surface area contributed by atoms with Crippen molar-refractivity contribution >= 4 is 63.7 Å². The Balaban J connectivity index is 0.000000178. The Morgan fingerprint density at radius 2 is 0.811 bits per heavy atom. The molecule has 0 aliphatic heterocycles. The monoisotopic (exact) mass is 946 g/mol. The van der Waals surface area contributed by atoms with Gasteiger partial charge < -0.3 is 0 Å². The molecule has 8 aromatic rings. The maximum absolute atomic E-state index is 4.97. The minimum absolute atomic E-state index is 0. The molecule has 0 amide bonds. The van der Waals surface area contributed by atoms with Gasteiger partial charge in [0.05, 0.1) is 11.4 Å². The van der Waals surface area contributed by atoms with Gasteiger partial charge >= 0.3 is 0 Å². The van der Waals surface area contributed by atoms with Crippen molar-refractivity contribution in [3.05, 3.63) is 176 Å². The van der Waals surface area contributed by atoms with E-state index in [0.717, 1.165) is 79.6 Å². The van der Waals surface area contributed by atoms with Crippen LogP contribution in [-0.4, -0.2) is 30.1 Å². The number of rotatable bonds is 6. The fourth-order valence-corrected chi connectivity index (χ4v) is 6.44. The highest BCUT2D eigenvalue weighted by molar-refractivity contribution is 9.11. The number of pyridine rings is 3. The summed E-state index contributed by atoms with van der Waals surface area (Å²) in [5, 5.41) is 8.82. The lowest BCUT2D eigenvalue weighted by molar-refractivity contribution is 0.989. The summed E-state index contributed by atoms with van der Waals surface area (Å²) < 4.78 is 4.14. The molecule has 0 saturated carbocycles. The van der Waals surface area contributed by atoms with Crippen LogP contribution in [0.4, 0.5) is 0 Å². The zero-order valence-electron chi connectivity index (χ0n) is 27.2. The lowest BCUT2D eigenvalue weighted by atomic mass is 9.98. The number of hydrogen-bond donors (Lipinski definition) is 0. The number of nitrogens with zero attached hydrogens (tertiary/aromatic N) is 6. The normalized spacial score (nSPS) is 10.5. The van der Waals surface area contributed by atoms with E-state index in [-0.39, 0.29) is 7.43 Å². The van der Waals surface area contributed by atoms with Gasteiger partial charge in [0.1, 0.15) is 11.4 Å². The molecule has 8 rings (SSSR count). The Bertz CT molecular complexity index is 2240. The van der Waals surface area contributed by atoms with E-state index in [4.69, 9.17) is 9.97 Å². The van der Waals surface area contributed by atoms with E-state index in [1.54, 1.807) is 18.6 Å². The smallest absolute Gasteiger partial charge is 0.183 e. The average Bonchev–Trinajstić information content (AvgIpc) is 3.20. The fourth-order valence-electron chi connectivity index (χ4n) is 5.38. The lowest BCUT2D eigenvalue weighted by Crippen LogP contribution is -2.00. The molecule has 6 nitrogen and oxygen atoms in total. The van der Waals surface area contributed by atoms with E-state index in [1.165, 1.54) is 0 Å². The van der Waals surface area contributed by atoms with Crippen LogP contribution in [0.2, 0.25) is 0 Å². The third kappa shape index (κ3) is 9.44. The van der Waals surface area contributed by atoms with Crippen LogP contribution in [0.25, 0.3) is 67.5 Å². The van der Waals surface area contributed by atoms with Crippen molar-refractivity contribution in [2.24, 2.45) is 0 Å². The Morgan fingerprint density at radius 3 is 1.30 bits per heavy atom. The topological polar surface area (TPSA) is 77.3 Å². The SMILES string of the molecule is Brc1ccc(-c2ccc(-c3cccnc3)nc2-c2ccc(Br)cc2)cc1.Brc1ccc(-c2nnc(-c3cccnc3)nc2-c2ccc(Br)cc2)cc1.C. The summed E-state index contributed by atoms with van der Waals surface area (Å²) in [4.78, 5) is 18.1. The summed E-state index contributed by atoms with van der Waals surface area (Å²) in [6.07, 6.45) is 7.08. The molecule has 0 spiro atoms. The van der Waals surface area contributed by atoms with E-state index in [0.29, 0.717) is 5.82 Å². The van der Waals surface area contributed by atoms with Crippen LogP contribution in [0.15, 0.2) is 176 Å². The zero-order chi connectivity index (χ0) is 35.9. The first-order valence-corrected chi connectivity index (χ1v) is 19.2. The van der Waals surface area contributed by atoms with Gasteiger partial charge in [-0.1, -0.05) is 126 Å². The third-order valence-corrected chi connectivity index (χ3v) is 10.1. The molecular weight excluding hydrogens is 920 g/mol. The van der Waals surface area contributed by atoms with E-state index in [2.05, 4.69) is 132 Å². The van der Waals surface area contributed by atoms with Crippen molar-refractivity contribution in [3.63, 3.8) is 0 Å². The predicted molar refractivity (Wildman–Crippen MR) is 230 cm³/mol. The Morgan fingerprint density at radius 1 is 0.358 bits per heavy atom. The highest BCUT2D eigenvalue weighted by Gasteiger charge is 2.15. The molecule has 10 heteroatoms. The van der Waals surface area contributed by atoms with Crippen LogP contribution < -0.4 is 0 Å². The summed E-state index contributed by atoms with van der Waals surface area (Å²) >= 11 is 14.0. The van der Waals surface area contributed by atoms with Gasteiger partial charge in [0.25, 0.3) is 0 Å². The van der Waals surface area contributed by atoms with Gasteiger partial charge in [-0.25, -0.2) is 9.97 Å². The molecule has 0 saturated heterocycles. The average molecular weight is 950 g/mol. The summed E-state index contributed by atoms with van der Waals surface area (Å²) in [5.41, 5.74) is 10.5. The molecule has 0 aliphatic rings. The van der Waals surface area contributed by atoms with Crippen molar-refractivity contribution in [2.75, 3.05) is 0 Å². The number of aromatic nitrogens is 6. The van der Waals surface area contributed by atoms with Crippen molar-refractivity contribution in [3.8, 4) is 67.5 Å². The van der Waals surface area contributed by atoms with Crippen molar-refractivity contribution < 1.29 is 0 Å². The minimum Gasteiger partial charge on any atom is -0.264 e. The molecule has 0 N–H and O–H groups in total. The highest BCUT2D eigenvalue weighted by Crippen LogP contribution is 2.35. The summed E-state index contributed by atoms with van der Waals surface area (Å²) in [5.74, 6) is 0.553. The third-order valence-electron chi connectivity index (χ3n) is 7.97. The fraction of sp³-hybridized carbons (Fsp3) is 0.0233. The van der Waals surface area contributed by atoms with Crippen LogP contribution >= 0.6 is 63.7 Å². The van der Waals surface area contributed by atoms with Gasteiger partial charge in [-0.2, -0.15) is 0 Å². The van der Waals surface area contributed by atoms with Gasteiger partial charge in [0.2, 0.25) is 0 Å². The molecule has 4 heterocycles. The van der Waals surface area contributed by atoms with Gasteiger partial charge in [0.15, 0.2) is 5.82 Å². The Kier molecular flexibility index (Phi) is 12.8. The van der Waals surface area contributed by atoms with Crippen molar-refractivity contribution in [1.29, 1.82) is 0 Å². The largest absolute Gasteiger partial charge is 0.264 e. The minimum atomic E-state index is 0. The van der Waals surface area contributed by atoms with Crippen molar-refractivity contribution in [1.82, 2.24) is 30.1 Å². The maximum atomic E-state index is 4.97. The summed E-state index contributed by atoms with van der Waals surface area (Å²) in [7, 11) is 0. The van der Waals surface area contributed by atoms with Crippen LogP contribution in [0, 0.1) is 0 Å². The molecule has 0 bridgehead atoms. The first-order chi connectivity index (χ1) is 25.4. The van der Waals surface area contributed by atoms with Crippen LogP contribution in [0.1, 0.15) is 7.43 Å². The van der Waals surface area contributed by atoms with E-state index < -0.39 is 0 Å². The van der Waals surface area contributed by atoms with Crippen LogP contribution in [0.5, 0.6) is 0 Å². The predicted octanol–water partition coefficient (Wildman–Crippen LogP) is 13.4. The number of hydrogen-bond acceptors (Lipinski definition) is 6. The van der Waals surface area contributed by atoms with Gasteiger partial charge in [0, 0.05) is 76.1 Å².